The van der Waals surface area contributed by atoms with Crippen LogP contribution in [0.5, 0.6) is 0 Å². The van der Waals surface area contributed by atoms with Gasteiger partial charge in [0.15, 0.2) is 0 Å². The fourth-order valence-corrected chi connectivity index (χ4v) is 2.09. The molecule has 1 aliphatic rings. The normalized spacial score (nSPS) is 22.5. The molecule has 1 fully saturated rings. The van der Waals surface area contributed by atoms with Gasteiger partial charge in [0.1, 0.15) is 17.7 Å². The third-order valence-electron chi connectivity index (χ3n) is 2.83. The standard InChI is InChI=1S/C13H21NO6/c1-5-19-11(17)9-7-6-8(10(15)16)14(9)12(18)20-13(2,3)4/h8-9H,5-7H2,1-4H3,(H,15,16)/t8-,9+/m0/s1. The van der Waals surface area contributed by atoms with E-state index in [2.05, 4.69) is 0 Å². The molecule has 0 saturated carbocycles. The molecule has 1 aliphatic heterocycles. The van der Waals surface area contributed by atoms with E-state index in [1.807, 2.05) is 0 Å². The molecule has 7 heteroatoms. The predicted molar refractivity (Wildman–Crippen MR) is 69.2 cm³/mol. The lowest BCUT2D eigenvalue weighted by Gasteiger charge is -2.30. The van der Waals surface area contributed by atoms with Crippen LogP contribution in [0.3, 0.4) is 0 Å². The summed E-state index contributed by atoms with van der Waals surface area (Å²) in [5.74, 6) is -1.75. The van der Waals surface area contributed by atoms with E-state index in [1.165, 1.54) is 0 Å². The van der Waals surface area contributed by atoms with Gasteiger partial charge in [-0.1, -0.05) is 0 Å². The Bertz CT molecular complexity index is 400. The first-order valence-corrected chi connectivity index (χ1v) is 6.58. The number of hydrogen-bond acceptors (Lipinski definition) is 5. The molecule has 7 nitrogen and oxygen atoms in total. The number of aliphatic carboxylic acids is 1. The highest BCUT2D eigenvalue weighted by Crippen LogP contribution is 2.27. The zero-order valence-electron chi connectivity index (χ0n) is 12.2. The van der Waals surface area contributed by atoms with Crippen LogP contribution in [-0.4, -0.2) is 52.3 Å². The van der Waals surface area contributed by atoms with Gasteiger partial charge in [-0.3, -0.25) is 4.90 Å². The monoisotopic (exact) mass is 287 g/mol. The third kappa shape index (κ3) is 3.85. The summed E-state index contributed by atoms with van der Waals surface area (Å²) >= 11 is 0. The van der Waals surface area contributed by atoms with E-state index in [9.17, 15) is 14.4 Å². The fraction of sp³-hybridized carbons (Fsp3) is 0.769. The highest BCUT2D eigenvalue weighted by molar-refractivity contribution is 5.87. The topological polar surface area (TPSA) is 93.1 Å². The Morgan fingerprint density at radius 2 is 1.75 bits per heavy atom. The minimum Gasteiger partial charge on any atom is -0.480 e. The second kappa shape index (κ2) is 6.11. The second-order valence-electron chi connectivity index (χ2n) is 5.59. The summed E-state index contributed by atoms with van der Waals surface area (Å²) in [7, 11) is 0. The van der Waals surface area contributed by atoms with Gasteiger partial charge in [-0.25, -0.2) is 14.4 Å². The molecule has 0 aromatic carbocycles. The first kappa shape index (κ1) is 16.3. The highest BCUT2D eigenvalue weighted by Gasteiger charge is 2.46. The Kier molecular flexibility index (Phi) is 4.97. The molecule has 1 amide bonds. The summed E-state index contributed by atoms with van der Waals surface area (Å²) in [6.07, 6.45) is -0.340. The Morgan fingerprint density at radius 3 is 2.20 bits per heavy atom. The van der Waals surface area contributed by atoms with E-state index in [0.29, 0.717) is 0 Å². The van der Waals surface area contributed by atoms with Crippen LogP contribution in [0.4, 0.5) is 4.79 Å². The lowest BCUT2D eigenvalue weighted by Crippen LogP contribution is -2.50. The van der Waals surface area contributed by atoms with Crippen molar-refractivity contribution in [3.63, 3.8) is 0 Å². The number of carbonyl (C=O) groups is 3. The lowest BCUT2D eigenvalue weighted by molar-refractivity contribution is -0.150. The largest absolute Gasteiger partial charge is 0.480 e. The van der Waals surface area contributed by atoms with E-state index < -0.39 is 35.7 Å². The molecule has 0 radical (unpaired) electrons. The van der Waals surface area contributed by atoms with Crippen LogP contribution in [0, 0.1) is 0 Å². The van der Waals surface area contributed by atoms with Gasteiger partial charge >= 0.3 is 18.0 Å². The molecule has 0 unspecified atom stereocenters. The van der Waals surface area contributed by atoms with Crippen LogP contribution >= 0.6 is 0 Å². The van der Waals surface area contributed by atoms with Crippen molar-refractivity contribution in [2.75, 3.05) is 6.61 Å². The minimum atomic E-state index is -1.15. The van der Waals surface area contributed by atoms with Crippen LogP contribution in [0.1, 0.15) is 40.5 Å². The molecular weight excluding hydrogens is 266 g/mol. The number of ether oxygens (including phenoxy) is 2. The predicted octanol–water partition coefficient (Wildman–Crippen LogP) is 1.40. The van der Waals surface area contributed by atoms with Crippen LogP contribution < -0.4 is 0 Å². The van der Waals surface area contributed by atoms with Crippen LogP contribution in [0.2, 0.25) is 0 Å². The number of esters is 1. The Morgan fingerprint density at radius 1 is 1.20 bits per heavy atom. The summed E-state index contributed by atoms with van der Waals surface area (Å²) < 4.78 is 10.1. The Hall–Kier alpha value is -1.79. The van der Waals surface area contributed by atoms with E-state index in [0.717, 1.165) is 4.90 Å². The van der Waals surface area contributed by atoms with Crippen LogP contribution in [0.25, 0.3) is 0 Å². The van der Waals surface area contributed by atoms with E-state index in [1.54, 1.807) is 27.7 Å². The maximum Gasteiger partial charge on any atom is 0.411 e. The molecule has 2 atom stereocenters. The van der Waals surface area contributed by atoms with Gasteiger partial charge in [0, 0.05) is 0 Å². The minimum absolute atomic E-state index is 0.176. The fourth-order valence-electron chi connectivity index (χ4n) is 2.09. The van der Waals surface area contributed by atoms with Crippen molar-refractivity contribution in [1.29, 1.82) is 0 Å². The van der Waals surface area contributed by atoms with E-state index in [-0.39, 0.29) is 19.4 Å². The van der Waals surface area contributed by atoms with Crippen LogP contribution in [-0.2, 0) is 19.1 Å². The van der Waals surface area contributed by atoms with Crippen molar-refractivity contribution < 1.29 is 29.0 Å². The number of carboxylic acid groups (broad SMARTS) is 1. The number of carbonyl (C=O) groups excluding carboxylic acids is 2. The summed E-state index contributed by atoms with van der Waals surface area (Å²) in [6.45, 7) is 6.86. The second-order valence-corrected chi connectivity index (χ2v) is 5.59. The van der Waals surface area contributed by atoms with E-state index >= 15 is 0 Å². The number of rotatable bonds is 3. The molecule has 1 N–H and O–H groups in total. The van der Waals surface area contributed by atoms with Crippen molar-refractivity contribution in [3.05, 3.63) is 0 Å². The average Bonchev–Trinajstić information content (AvgIpc) is 2.71. The van der Waals surface area contributed by atoms with Gasteiger partial charge < -0.3 is 14.6 Å². The van der Waals surface area contributed by atoms with Gasteiger partial charge in [0.05, 0.1) is 6.61 Å². The lowest BCUT2D eigenvalue weighted by atomic mass is 10.2. The molecule has 0 aliphatic carbocycles. The molecular formula is C13H21NO6. The smallest absolute Gasteiger partial charge is 0.411 e. The van der Waals surface area contributed by atoms with Crippen LogP contribution in [0.15, 0.2) is 0 Å². The van der Waals surface area contributed by atoms with Gasteiger partial charge in [-0.05, 0) is 40.5 Å². The summed E-state index contributed by atoms with van der Waals surface area (Å²) in [6, 6.07) is -1.95. The highest BCUT2D eigenvalue weighted by atomic mass is 16.6. The van der Waals surface area contributed by atoms with Crippen molar-refractivity contribution in [1.82, 2.24) is 4.90 Å². The number of amides is 1. The Labute approximate surface area is 117 Å². The number of carboxylic acids is 1. The molecule has 1 heterocycles. The molecule has 0 aromatic heterocycles. The number of nitrogens with zero attached hydrogens (tertiary/aromatic N) is 1. The molecule has 0 bridgehead atoms. The zero-order valence-corrected chi connectivity index (χ0v) is 12.2. The SMILES string of the molecule is CCOC(=O)[C@H]1CC[C@@H](C(=O)O)N1C(=O)OC(C)(C)C. The molecule has 20 heavy (non-hydrogen) atoms. The van der Waals surface area contributed by atoms with Gasteiger partial charge in [0.2, 0.25) is 0 Å². The summed E-state index contributed by atoms with van der Waals surface area (Å²) in [5, 5.41) is 9.16. The first-order chi connectivity index (χ1) is 9.17. The summed E-state index contributed by atoms with van der Waals surface area (Å²) in [5.41, 5.74) is -0.762. The quantitative estimate of drug-likeness (QED) is 0.789. The summed E-state index contributed by atoms with van der Waals surface area (Å²) in [4.78, 5) is 36.1. The molecule has 0 aromatic rings. The van der Waals surface area contributed by atoms with Crippen molar-refractivity contribution in [3.8, 4) is 0 Å². The van der Waals surface area contributed by atoms with Gasteiger partial charge in [-0.2, -0.15) is 0 Å². The number of likely N-dealkylation sites (tertiary alicyclic amines) is 1. The van der Waals surface area contributed by atoms with Crippen molar-refractivity contribution >= 4 is 18.0 Å². The zero-order chi connectivity index (χ0) is 15.5. The maximum absolute atomic E-state index is 12.1. The maximum atomic E-state index is 12.1. The molecule has 114 valence electrons. The van der Waals surface area contributed by atoms with Gasteiger partial charge in [0.25, 0.3) is 0 Å². The van der Waals surface area contributed by atoms with Gasteiger partial charge in [-0.15, -0.1) is 0 Å². The Balaban J connectivity index is 2.94. The number of hydrogen-bond donors (Lipinski definition) is 1. The van der Waals surface area contributed by atoms with Crippen molar-refractivity contribution in [2.45, 2.75) is 58.2 Å². The third-order valence-corrected chi connectivity index (χ3v) is 2.83. The molecule has 0 spiro atoms. The van der Waals surface area contributed by atoms with E-state index in [4.69, 9.17) is 14.6 Å². The molecule has 1 rings (SSSR count). The van der Waals surface area contributed by atoms with Crippen molar-refractivity contribution in [2.24, 2.45) is 0 Å². The first-order valence-electron chi connectivity index (χ1n) is 6.58. The molecule has 1 saturated heterocycles. The average molecular weight is 287 g/mol.